The van der Waals surface area contributed by atoms with Crippen molar-refractivity contribution in [2.45, 2.75) is 18.5 Å². The maximum absolute atomic E-state index is 13.1. The fraction of sp³-hybridized carbons (Fsp3) is 0.129. The predicted octanol–water partition coefficient (Wildman–Crippen LogP) is 6.50. The van der Waals surface area contributed by atoms with Crippen LogP contribution in [0, 0.1) is 0 Å². The Morgan fingerprint density at radius 2 is 1.71 bits per heavy atom. The van der Waals surface area contributed by atoms with Crippen molar-refractivity contribution in [3.8, 4) is 11.3 Å². The lowest BCUT2D eigenvalue weighted by atomic mass is 10.0. The van der Waals surface area contributed by atoms with Gasteiger partial charge < -0.3 is 20.0 Å². The predicted molar refractivity (Wildman–Crippen MR) is 153 cm³/mol. The molecule has 6 nitrogen and oxygen atoms in total. The number of anilines is 1. The smallest absolute Gasteiger partial charge is 0.226 e. The molecule has 2 aromatic heterocycles. The van der Waals surface area contributed by atoms with Crippen molar-refractivity contribution in [3.05, 3.63) is 121 Å². The molecule has 0 spiro atoms. The van der Waals surface area contributed by atoms with Crippen LogP contribution < -0.4 is 10.6 Å². The largest absolute Gasteiger partial charge is 0.459 e. The maximum Gasteiger partial charge on any atom is 0.226 e. The summed E-state index contributed by atoms with van der Waals surface area (Å²) in [4.78, 5) is 19.7. The Hall–Kier alpha value is -4.49. The molecule has 188 valence electrons. The van der Waals surface area contributed by atoms with E-state index in [9.17, 15) is 4.79 Å². The second-order valence-electron chi connectivity index (χ2n) is 9.21. The van der Waals surface area contributed by atoms with E-state index in [-0.39, 0.29) is 24.4 Å². The third kappa shape index (κ3) is 4.76. The van der Waals surface area contributed by atoms with Gasteiger partial charge in [-0.25, -0.2) is 0 Å². The first-order chi connectivity index (χ1) is 18.7. The number of nitrogens with one attached hydrogen (secondary N) is 2. The quantitative estimate of drug-likeness (QED) is 0.240. The molecule has 2 N–H and O–H groups in total. The Balaban J connectivity index is 1.25. The second-order valence-corrected chi connectivity index (χ2v) is 9.60. The number of fused-ring (bicyclic) bond motifs is 1. The lowest BCUT2D eigenvalue weighted by Crippen LogP contribution is -2.32. The molecule has 5 aromatic rings. The summed E-state index contributed by atoms with van der Waals surface area (Å²) in [5.74, 6) is 1.47. The van der Waals surface area contributed by atoms with Crippen LogP contribution in [-0.4, -0.2) is 27.4 Å². The summed E-state index contributed by atoms with van der Waals surface area (Å²) >= 11 is 5.75. The number of hydrogen-bond acceptors (Lipinski definition) is 4. The average Bonchev–Trinajstić information content (AvgIpc) is 3.57. The number of hydrogen-bond donors (Lipinski definition) is 2. The van der Waals surface area contributed by atoms with Gasteiger partial charge in [0.15, 0.2) is 5.11 Å². The molecular weight excluding hydrogens is 492 g/mol. The standard InChI is InChI=1S/C31H26N4O2S/c36-28(33-24-15-8-12-21-9-4-5-13-23(21)24)18-20-35-30(29(34-31(35)38)25-14-6-7-19-32-25)27-17-16-26(37-27)22-10-2-1-3-11-22/h1-17,19,29-30H,18,20H2,(H,33,36)(H,34,38). The van der Waals surface area contributed by atoms with Crippen molar-refractivity contribution in [2.75, 3.05) is 11.9 Å². The molecule has 7 heteroatoms. The average molecular weight is 519 g/mol. The molecule has 0 aliphatic carbocycles. The Kier molecular flexibility index (Phi) is 6.58. The van der Waals surface area contributed by atoms with Crippen molar-refractivity contribution in [1.82, 2.24) is 15.2 Å². The zero-order chi connectivity index (χ0) is 25.9. The fourth-order valence-electron chi connectivity index (χ4n) is 4.99. The molecule has 1 saturated heterocycles. The van der Waals surface area contributed by atoms with Gasteiger partial charge in [0.05, 0.1) is 11.7 Å². The fourth-order valence-corrected chi connectivity index (χ4v) is 5.33. The number of furan rings is 1. The lowest BCUT2D eigenvalue weighted by Gasteiger charge is -2.26. The number of amides is 1. The molecule has 2 atom stereocenters. The van der Waals surface area contributed by atoms with Crippen molar-refractivity contribution >= 4 is 39.7 Å². The second kappa shape index (κ2) is 10.5. The van der Waals surface area contributed by atoms with Gasteiger partial charge in [-0.1, -0.05) is 72.8 Å². The summed E-state index contributed by atoms with van der Waals surface area (Å²) in [5, 5.41) is 9.17. The van der Waals surface area contributed by atoms with Gasteiger partial charge in [0, 0.05) is 35.8 Å². The lowest BCUT2D eigenvalue weighted by molar-refractivity contribution is -0.116. The van der Waals surface area contributed by atoms with Crippen LogP contribution in [0.25, 0.3) is 22.1 Å². The molecule has 1 amide bonds. The molecule has 0 saturated carbocycles. The summed E-state index contributed by atoms with van der Waals surface area (Å²) in [6, 6.07) is 33.3. The Morgan fingerprint density at radius 3 is 2.55 bits per heavy atom. The number of pyridine rings is 1. The highest BCUT2D eigenvalue weighted by Crippen LogP contribution is 2.40. The van der Waals surface area contributed by atoms with E-state index >= 15 is 0 Å². The van der Waals surface area contributed by atoms with Gasteiger partial charge in [-0.2, -0.15) is 0 Å². The van der Waals surface area contributed by atoms with Crippen molar-refractivity contribution in [2.24, 2.45) is 0 Å². The molecular formula is C31H26N4O2S. The van der Waals surface area contributed by atoms with Gasteiger partial charge in [-0.05, 0) is 47.9 Å². The number of nitrogens with zero attached hydrogens (tertiary/aromatic N) is 2. The normalized spacial score (nSPS) is 16.9. The van der Waals surface area contributed by atoms with E-state index in [0.29, 0.717) is 11.7 Å². The van der Waals surface area contributed by atoms with E-state index in [4.69, 9.17) is 16.6 Å². The minimum atomic E-state index is -0.250. The molecule has 1 fully saturated rings. The summed E-state index contributed by atoms with van der Waals surface area (Å²) in [7, 11) is 0. The van der Waals surface area contributed by atoms with Gasteiger partial charge >= 0.3 is 0 Å². The van der Waals surface area contributed by atoms with Gasteiger partial charge in [0.1, 0.15) is 17.6 Å². The summed E-state index contributed by atoms with van der Waals surface area (Å²) < 4.78 is 6.36. The summed E-state index contributed by atoms with van der Waals surface area (Å²) in [6.07, 6.45) is 2.04. The Bertz CT molecular complexity index is 1580. The molecule has 2 unspecified atom stereocenters. The first-order valence-corrected chi connectivity index (χ1v) is 13.0. The minimum absolute atomic E-state index is 0.0754. The molecule has 0 bridgehead atoms. The summed E-state index contributed by atoms with van der Waals surface area (Å²) in [6.45, 7) is 0.428. The molecule has 6 rings (SSSR count). The van der Waals surface area contributed by atoms with E-state index in [0.717, 1.165) is 39.2 Å². The summed E-state index contributed by atoms with van der Waals surface area (Å²) in [5.41, 5.74) is 2.67. The van der Waals surface area contributed by atoms with Crippen LogP contribution in [-0.2, 0) is 4.79 Å². The highest BCUT2D eigenvalue weighted by Gasteiger charge is 2.41. The highest BCUT2D eigenvalue weighted by molar-refractivity contribution is 7.80. The number of benzene rings is 3. The molecule has 1 aliphatic rings. The third-order valence-corrected chi connectivity index (χ3v) is 7.17. The van der Waals surface area contributed by atoms with Gasteiger partial charge in [0.2, 0.25) is 5.91 Å². The molecule has 3 aromatic carbocycles. The van der Waals surface area contributed by atoms with E-state index < -0.39 is 0 Å². The van der Waals surface area contributed by atoms with Crippen LogP contribution in [0.3, 0.4) is 0 Å². The number of aromatic nitrogens is 1. The molecule has 38 heavy (non-hydrogen) atoms. The minimum Gasteiger partial charge on any atom is -0.459 e. The number of carbonyl (C=O) groups excluding carboxylic acids is 1. The monoisotopic (exact) mass is 518 g/mol. The number of rotatable bonds is 7. The Labute approximate surface area is 226 Å². The van der Waals surface area contributed by atoms with Crippen molar-refractivity contribution < 1.29 is 9.21 Å². The van der Waals surface area contributed by atoms with Crippen LogP contribution in [0.1, 0.15) is 30.0 Å². The number of thiocarbonyl (C=S) groups is 1. The van der Waals surface area contributed by atoms with Gasteiger partial charge in [0.25, 0.3) is 0 Å². The first kappa shape index (κ1) is 23.9. The number of carbonyl (C=O) groups is 1. The first-order valence-electron chi connectivity index (χ1n) is 12.6. The van der Waals surface area contributed by atoms with E-state index in [2.05, 4.69) is 15.6 Å². The van der Waals surface area contributed by atoms with Crippen LogP contribution in [0.5, 0.6) is 0 Å². The Morgan fingerprint density at radius 1 is 0.921 bits per heavy atom. The van der Waals surface area contributed by atoms with E-state index in [1.807, 2.05) is 108 Å². The topological polar surface area (TPSA) is 70.4 Å². The third-order valence-electron chi connectivity index (χ3n) is 6.82. The van der Waals surface area contributed by atoms with Crippen LogP contribution in [0.4, 0.5) is 5.69 Å². The van der Waals surface area contributed by atoms with Gasteiger partial charge in [-0.3, -0.25) is 9.78 Å². The molecule has 3 heterocycles. The molecule has 1 aliphatic heterocycles. The molecule has 0 radical (unpaired) electrons. The highest BCUT2D eigenvalue weighted by atomic mass is 32.1. The maximum atomic E-state index is 13.1. The van der Waals surface area contributed by atoms with Crippen molar-refractivity contribution in [3.63, 3.8) is 0 Å². The van der Waals surface area contributed by atoms with Crippen LogP contribution in [0.2, 0.25) is 0 Å². The van der Waals surface area contributed by atoms with Crippen LogP contribution >= 0.6 is 12.2 Å². The van der Waals surface area contributed by atoms with E-state index in [1.165, 1.54) is 0 Å². The van der Waals surface area contributed by atoms with Crippen molar-refractivity contribution in [1.29, 1.82) is 0 Å². The zero-order valence-corrected chi connectivity index (χ0v) is 21.4. The van der Waals surface area contributed by atoms with E-state index in [1.54, 1.807) is 6.20 Å². The zero-order valence-electron chi connectivity index (χ0n) is 20.6. The SMILES string of the molecule is O=C(CCN1C(=S)NC(c2ccccn2)C1c1ccc(-c2ccccc2)o1)Nc1cccc2ccccc12. The van der Waals surface area contributed by atoms with Gasteiger partial charge in [-0.15, -0.1) is 0 Å². The van der Waals surface area contributed by atoms with Crippen LogP contribution in [0.15, 0.2) is 114 Å².